The third-order valence-electron chi connectivity index (χ3n) is 2.76. The Labute approximate surface area is 122 Å². The maximum absolute atomic E-state index is 11.9. The van der Waals surface area contributed by atoms with Crippen molar-refractivity contribution in [3.8, 4) is 5.75 Å². The standard InChI is InChI=1S/C15H18N2O2S/c1-10(2)19-13-6-4-12(5-7-13)11(3)17-15(18)14-8-20-9-16-14/h4-11H,1-3H3,(H,17,18). The quantitative estimate of drug-likeness (QED) is 0.918. The zero-order valence-corrected chi connectivity index (χ0v) is 12.6. The molecule has 106 valence electrons. The van der Waals surface area contributed by atoms with Gasteiger partial charge in [0, 0.05) is 5.38 Å². The van der Waals surface area contributed by atoms with Crippen LogP contribution in [0.25, 0.3) is 0 Å². The fourth-order valence-corrected chi connectivity index (χ4v) is 2.32. The van der Waals surface area contributed by atoms with Gasteiger partial charge in [0.1, 0.15) is 11.4 Å². The molecule has 0 saturated heterocycles. The molecular formula is C15H18N2O2S. The van der Waals surface area contributed by atoms with Gasteiger partial charge in [0.05, 0.1) is 17.7 Å². The maximum Gasteiger partial charge on any atom is 0.271 e. The van der Waals surface area contributed by atoms with Gasteiger partial charge in [-0.1, -0.05) is 12.1 Å². The molecule has 0 bridgehead atoms. The van der Waals surface area contributed by atoms with Crippen LogP contribution in [0.4, 0.5) is 0 Å². The molecular weight excluding hydrogens is 272 g/mol. The third-order valence-corrected chi connectivity index (χ3v) is 3.35. The van der Waals surface area contributed by atoms with Crippen LogP contribution < -0.4 is 10.1 Å². The number of hydrogen-bond donors (Lipinski definition) is 1. The topological polar surface area (TPSA) is 51.2 Å². The molecule has 5 heteroatoms. The molecule has 1 aromatic carbocycles. The molecule has 2 aromatic rings. The van der Waals surface area contributed by atoms with Crippen molar-refractivity contribution in [2.24, 2.45) is 0 Å². The molecule has 0 saturated carbocycles. The summed E-state index contributed by atoms with van der Waals surface area (Å²) in [5.74, 6) is 0.683. The van der Waals surface area contributed by atoms with E-state index < -0.39 is 0 Å². The van der Waals surface area contributed by atoms with Gasteiger partial charge in [0.15, 0.2) is 0 Å². The predicted molar refractivity (Wildman–Crippen MR) is 80.2 cm³/mol. The summed E-state index contributed by atoms with van der Waals surface area (Å²) < 4.78 is 5.59. The van der Waals surface area contributed by atoms with Crippen LogP contribution in [0.2, 0.25) is 0 Å². The number of amides is 1. The molecule has 0 aliphatic rings. The number of ether oxygens (including phenoxy) is 1. The maximum atomic E-state index is 11.9. The van der Waals surface area contributed by atoms with Crippen molar-refractivity contribution in [1.82, 2.24) is 10.3 Å². The fraction of sp³-hybridized carbons (Fsp3) is 0.333. The first-order chi connectivity index (χ1) is 9.56. The number of carbonyl (C=O) groups is 1. The molecule has 0 fully saturated rings. The summed E-state index contributed by atoms with van der Waals surface area (Å²) in [4.78, 5) is 15.9. The molecule has 0 aliphatic heterocycles. The second kappa shape index (κ2) is 6.52. The van der Waals surface area contributed by atoms with Crippen molar-refractivity contribution in [1.29, 1.82) is 0 Å². The van der Waals surface area contributed by atoms with Crippen LogP contribution in [0.3, 0.4) is 0 Å². The smallest absolute Gasteiger partial charge is 0.271 e. The molecule has 0 spiro atoms. The van der Waals surface area contributed by atoms with Crippen molar-refractivity contribution in [3.63, 3.8) is 0 Å². The molecule has 20 heavy (non-hydrogen) atoms. The number of benzene rings is 1. The summed E-state index contributed by atoms with van der Waals surface area (Å²) in [5.41, 5.74) is 3.14. The minimum atomic E-state index is -0.152. The summed E-state index contributed by atoms with van der Waals surface area (Å²) in [6.45, 7) is 5.93. The van der Waals surface area contributed by atoms with Crippen molar-refractivity contribution in [2.45, 2.75) is 32.9 Å². The zero-order chi connectivity index (χ0) is 14.5. The van der Waals surface area contributed by atoms with Crippen molar-refractivity contribution in [2.75, 3.05) is 0 Å². The number of nitrogens with one attached hydrogen (secondary N) is 1. The summed E-state index contributed by atoms with van der Waals surface area (Å²) in [7, 11) is 0. The molecule has 0 aliphatic carbocycles. The van der Waals surface area contributed by atoms with Crippen LogP contribution in [0.15, 0.2) is 35.2 Å². The van der Waals surface area contributed by atoms with E-state index in [1.165, 1.54) is 11.3 Å². The molecule has 2 rings (SSSR count). The Kier molecular flexibility index (Phi) is 4.74. The Morgan fingerprint density at radius 2 is 1.95 bits per heavy atom. The Morgan fingerprint density at radius 1 is 1.25 bits per heavy atom. The van der Waals surface area contributed by atoms with Crippen molar-refractivity contribution in [3.05, 3.63) is 46.4 Å². The first kappa shape index (κ1) is 14.5. The van der Waals surface area contributed by atoms with E-state index in [0.717, 1.165) is 11.3 Å². The van der Waals surface area contributed by atoms with Gasteiger partial charge in [0.25, 0.3) is 5.91 Å². The molecule has 4 nitrogen and oxygen atoms in total. The van der Waals surface area contributed by atoms with E-state index >= 15 is 0 Å². The SMILES string of the molecule is CC(C)Oc1ccc(C(C)NC(=O)c2cscn2)cc1. The lowest BCUT2D eigenvalue weighted by Gasteiger charge is -2.15. The first-order valence-electron chi connectivity index (χ1n) is 6.52. The highest BCUT2D eigenvalue weighted by atomic mass is 32.1. The number of hydrogen-bond acceptors (Lipinski definition) is 4. The van der Waals surface area contributed by atoms with Crippen LogP contribution in [0.1, 0.15) is 42.9 Å². The lowest BCUT2D eigenvalue weighted by atomic mass is 10.1. The highest BCUT2D eigenvalue weighted by molar-refractivity contribution is 7.07. The molecule has 1 amide bonds. The second-order valence-corrected chi connectivity index (χ2v) is 5.52. The van der Waals surface area contributed by atoms with Crippen molar-refractivity contribution < 1.29 is 9.53 Å². The third kappa shape index (κ3) is 3.81. The van der Waals surface area contributed by atoms with Gasteiger partial charge in [-0.15, -0.1) is 11.3 Å². The largest absolute Gasteiger partial charge is 0.491 e. The normalized spacial score (nSPS) is 12.2. The summed E-state index contributed by atoms with van der Waals surface area (Å²) in [5, 5.41) is 4.66. The van der Waals surface area contributed by atoms with Gasteiger partial charge < -0.3 is 10.1 Å². The van der Waals surface area contributed by atoms with E-state index in [4.69, 9.17) is 4.74 Å². The monoisotopic (exact) mass is 290 g/mol. The van der Waals surface area contributed by atoms with E-state index in [1.807, 2.05) is 45.0 Å². The summed E-state index contributed by atoms with van der Waals surface area (Å²) in [6.07, 6.45) is 0.155. The average Bonchev–Trinajstić information content (AvgIpc) is 2.92. The van der Waals surface area contributed by atoms with Crippen molar-refractivity contribution >= 4 is 17.2 Å². The van der Waals surface area contributed by atoms with Crippen LogP contribution in [0.5, 0.6) is 5.75 Å². The highest BCUT2D eigenvalue weighted by Crippen LogP contribution is 2.19. The minimum absolute atomic E-state index is 0.0719. The Bertz CT molecular complexity index is 550. The molecule has 1 heterocycles. The number of carbonyl (C=O) groups excluding carboxylic acids is 1. The lowest BCUT2D eigenvalue weighted by Crippen LogP contribution is -2.26. The van der Waals surface area contributed by atoms with Crippen LogP contribution in [-0.2, 0) is 0 Å². The van der Waals surface area contributed by atoms with Crippen LogP contribution in [0, 0.1) is 0 Å². The Balaban J connectivity index is 1.98. The fourth-order valence-electron chi connectivity index (χ4n) is 1.79. The lowest BCUT2D eigenvalue weighted by molar-refractivity contribution is 0.0935. The van der Waals surface area contributed by atoms with E-state index in [1.54, 1.807) is 10.9 Å². The molecule has 1 N–H and O–H groups in total. The number of thiazole rings is 1. The molecule has 1 unspecified atom stereocenters. The van der Waals surface area contributed by atoms with Gasteiger partial charge in [-0.3, -0.25) is 4.79 Å². The predicted octanol–water partition coefficient (Wildman–Crippen LogP) is 3.42. The second-order valence-electron chi connectivity index (χ2n) is 4.80. The summed E-state index contributed by atoms with van der Waals surface area (Å²) in [6, 6.07) is 7.69. The van der Waals surface area contributed by atoms with Crippen LogP contribution in [-0.4, -0.2) is 17.0 Å². The summed E-state index contributed by atoms with van der Waals surface area (Å²) >= 11 is 1.41. The first-order valence-corrected chi connectivity index (χ1v) is 7.46. The van der Waals surface area contributed by atoms with E-state index in [9.17, 15) is 4.79 Å². The Morgan fingerprint density at radius 3 is 2.50 bits per heavy atom. The van der Waals surface area contributed by atoms with E-state index in [0.29, 0.717) is 5.69 Å². The van der Waals surface area contributed by atoms with Gasteiger partial charge in [0.2, 0.25) is 0 Å². The van der Waals surface area contributed by atoms with Gasteiger partial charge >= 0.3 is 0 Å². The zero-order valence-electron chi connectivity index (χ0n) is 11.8. The number of rotatable bonds is 5. The van der Waals surface area contributed by atoms with Gasteiger partial charge in [-0.25, -0.2) is 4.98 Å². The number of nitrogens with zero attached hydrogens (tertiary/aromatic N) is 1. The average molecular weight is 290 g/mol. The molecule has 0 radical (unpaired) electrons. The van der Waals surface area contributed by atoms with E-state index in [-0.39, 0.29) is 18.1 Å². The highest BCUT2D eigenvalue weighted by Gasteiger charge is 2.12. The Hall–Kier alpha value is -1.88. The number of aromatic nitrogens is 1. The molecule has 1 atom stereocenters. The van der Waals surface area contributed by atoms with Gasteiger partial charge in [-0.05, 0) is 38.5 Å². The van der Waals surface area contributed by atoms with Gasteiger partial charge in [-0.2, -0.15) is 0 Å². The molecule has 1 aromatic heterocycles. The van der Waals surface area contributed by atoms with E-state index in [2.05, 4.69) is 10.3 Å². The minimum Gasteiger partial charge on any atom is -0.491 e. The van der Waals surface area contributed by atoms with Crippen LogP contribution >= 0.6 is 11.3 Å².